The molecular weight excluding hydrogens is 390 g/mol. The molecule has 2 aliphatic rings. The minimum atomic E-state index is 0. The number of benzene rings is 1. The molecule has 1 nitrogen and oxygen atoms in total. The van der Waals surface area contributed by atoms with Crippen LogP contribution in [0.2, 0.25) is 0 Å². The summed E-state index contributed by atoms with van der Waals surface area (Å²) in [5.74, 6) is 0. The number of nitrogens with zero attached hydrogens (tertiary/aromatic N) is 1. The first-order chi connectivity index (χ1) is 9.81. The molecule has 21 heavy (non-hydrogen) atoms. The Bertz CT molecular complexity index is 463. The third-order valence-electron chi connectivity index (χ3n) is 5.08. The van der Waals surface area contributed by atoms with Gasteiger partial charge < -0.3 is 17.0 Å². The molecule has 3 heteroatoms. The Morgan fingerprint density at radius 3 is 2.48 bits per heavy atom. The summed E-state index contributed by atoms with van der Waals surface area (Å²) in [6, 6.07) is 11.6. The zero-order valence-electron chi connectivity index (χ0n) is 12.6. The largest absolute Gasteiger partial charge is 1.00 e. The molecule has 1 aromatic rings. The minimum Gasteiger partial charge on any atom is -1.00 e. The molecule has 0 aromatic heterocycles. The van der Waals surface area contributed by atoms with Crippen molar-refractivity contribution in [3.63, 3.8) is 0 Å². The fraction of sp³-hybridized carbons (Fsp3) is 0.611. The summed E-state index contributed by atoms with van der Waals surface area (Å²) in [5, 5.41) is 1.11. The van der Waals surface area contributed by atoms with E-state index in [9.17, 15) is 0 Å². The van der Waals surface area contributed by atoms with Gasteiger partial charge in [-0.2, -0.15) is 0 Å². The zero-order valence-corrected chi connectivity index (χ0v) is 15.8. The van der Waals surface area contributed by atoms with Crippen molar-refractivity contribution in [3.05, 3.63) is 35.9 Å². The van der Waals surface area contributed by atoms with Crippen LogP contribution in [0.4, 0.5) is 0 Å². The van der Waals surface area contributed by atoms with E-state index in [4.69, 9.17) is 0 Å². The van der Waals surface area contributed by atoms with E-state index in [0.717, 1.165) is 11.8 Å². The van der Waals surface area contributed by atoms with Crippen LogP contribution < -0.4 is 17.0 Å². The van der Waals surface area contributed by atoms with Crippen molar-refractivity contribution >= 4 is 22.1 Å². The molecule has 1 fully saturated rings. The molecule has 0 bridgehead atoms. The molecule has 1 saturated carbocycles. The maximum Gasteiger partial charge on any atom is 0.163 e. The molecule has 1 spiro atoms. The maximum absolute atomic E-state index is 3.73. The van der Waals surface area contributed by atoms with Crippen molar-refractivity contribution in [2.45, 2.75) is 51.0 Å². The van der Waals surface area contributed by atoms with E-state index in [1.165, 1.54) is 50.6 Å². The highest BCUT2D eigenvalue weighted by Crippen LogP contribution is 2.42. The fourth-order valence-electron chi connectivity index (χ4n) is 3.98. The predicted octanol–water partition coefficient (Wildman–Crippen LogP) is 1.43. The Kier molecular flexibility index (Phi) is 6.49. The molecule has 0 radical (unpaired) electrons. The van der Waals surface area contributed by atoms with Gasteiger partial charge in [0, 0.05) is 12.8 Å². The standard InChI is InChI=1S/C18H25BrN.BrH/c19-14-17-13-18(10-5-2-6-11-18)15-20(17)12-9-16-7-3-1-4-8-16;/h1,3-4,7-8,15,17H,2,5-6,9-14H2;1H/q+1;/p-1. The second kappa shape index (κ2) is 7.92. The van der Waals surface area contributed by atoms with Crippen molar-refractivity contribution in [2.75, 3.05) is 11.9 Å². The lowest BCUT2D eigenvalue weighted by Gasteiger charge is -2.27. The highest BCUT2D eigenvalue weighted by atomic mass is 79.9. The lowest BCUT2D eigenvalue weighted by Crippen LogP contribution is -3.00. The summed E-state index contributed by atoms with van der Waals surface area (Å²) >= 11 is 3.73. The van der Waals surface area contributed by atoms with Gasteiger partial charge in [0.1, 0.15) is 12.8 Å². The average Bonchev–Trinajstić information content (AvgIpc) is 2.84. The van der Waals surface area contributed by atoms with E-state index in [-0.39, 0.29) is 17.0 Å². The number of alkyl halides is 1. The van der Waals surface area contributed by atoms with Crippen LogP contribution in [-0.4, -0.2) is 28.7 Å². The van der Waals surface area contributed by atoms with Gasteiger partial charge in [0.15, 0.2) is 6.04 Å². The van der Waals surface area contributed by atoms with Crippen molar-refractivity contribution in [2.24, 2.45) is 5.41 Å². The third-order valence-corrected chi connectivity index (χ3v) is 5.83. The number of hydrogen-bond donors (Lipinski definition) is 0. The Labute approximate surface area is 147 Å². The highest BCUT2D eigenvalue weighted by Gasteiger charge is 2.44. The fourth-order valence-corrected chi connectivity index (χ4v) is 4.58. The molecule has 1 atom stereocenters. The van der Waals surface area contributed by atoms with E-state index in [1.807, 2.05) is 0 Å². The number of hydrogen-bond acceptors (Lipinski definition) is 0. The van der Waals surface area contributed by atoms with E-state index in [2.05, 4.69) is 57.1 Å². The molecule has 0 saturated heterocycles. The monoisotopic (exact) mass is 413 g/mol. The quantitative estimate of drug-likeness (QED) is 0.518. The summed E-state index contributed by atoms with van der Waals surface area (Å²) in [4.78, 5) is 0. The molecule has 1 aliphatic heterocycles. The van der Waals surface area contributed by atoms with Crippen molar-refractivity contribution in [1.29, 1.82) is 0 Å². The van der Waals surface area contributed by atoms with Crippen LogP contribution in [0.15, 0.2) is 30.3 Å². The third kappa shape index (κ3) is 4.19. The molecule has 1 aliphatic carbocycles. The van der Waals surface area contributed by atoms with E-state index in [1.54, 1.807) is 0 Å². The van der Waals surface area contributed by atoms with Crippen molar-refractivity contribution in [3.8, 4) is 0 Å². The smallest absolute Gasteiger partial charge is 0.163 e. The molecule has 0 N–H and O–H groups in total. The molecule has 0 amide bonds. The summed E-state index contributed by atoms with van der Waals surface area (Å²) in [5.41, 5.74) is 1.99. The first-order valence-electron chi connectivity index (χ1n) is 8.03. The minimum absolute atomic E-state index is 0. The van der Waals surface area contributed by atoms with Crippen LogP contribution >= 0.6 is 15.9 Å². The van der Waals surface area contributed by atoms with Crippen LogP contribution in [0.25, 0.3) is 0 Å². The molecular formula is C18H25Br2N. The first kappa shape index (κ1) is 17.2. The summed E-state index contributed by atoms with van der Waals surface area (Å²) < 4.78 is 2.63. The van der Waals surface area contributed by atoms with Gasteiger partial charge in [-0.15, -0.1) is 0 Å². The molecule has 3 rings (SSSR count). The maximum atomic E-state index is 3.73. The van der Waals surface area contributed by atoms with Crippen molar-refractivity contribution in [1.82, 2.24) is 0 Å². The first-order valence-corrected chi connectivity index (χ1v) is 9.15. The van der Waals surface area contributed by atoms with E-state index < -0.39 is 0 Å². The normalized spacial score (nSPS) is 23.7. The topological polar surface area (TPSA) is 3.01 Å². The lowest BCUT2D eigenvalue weighted by molar-refractivity contribution is -0.548. The molecule has 1 unspecified atom stereocenters. The molecule has 116 valence electrons. The van der Waals surface area contributed by atoms with Crippen LogP contribution in [0, 0.1) is 5.41 Å². The van der Waals surface area contributed by atoms with Gasteiger partial charge in [0.05, 0.1) is 10.7 Å². The second-order valence-corrected chi connectivity index (χ2v) is 7.19. The predicted molar refractivity (Wildman–Crippen MR) is 89.1 cm³/mol. The van der Waals surface area contributed by atoms with Crippen LogP contribution in [0.1, 0.15) is 44.1 Å². The summed E-state index contributed by atoms with van der Waals surface area (Å²) in [6.45, 7) is 1.17. The van der Waals surface area contributed by atoms with Crippen LogP contribution in [0.3, 0.4) is 0 Å². The second-order valence-electron chi connectivity index (χ2n) is 6.54. The van der Waals surface area contributed by atoms with E-state index >= 15 is 0 Å². The van der Waals surface area contributed by atoms with Crippen LogP contribution in [0.5, 0.6) is 0 Å². The van der Waals surface area contributed by atoms with Gasteiger partial charge in [-0.1, -0.05) is 65.5 Å². The number of halogens is 2. The van der Waals surface area contributed by atoms with Gasteiger partial charge in [-0.3, -0.25) is 0 Å². The van der Waals surface area contributed by atoms with Gasteiger partial charge >= 0.3 is 0 Å². The average molecular weight is 415 g/mol. The Morgan fingerprint density at radius 2 is 1.81 bits per heavy atom. The Hall–Kier alpha value is -0.150. The Balaban J connectivity index is 0.00000161. The number of rotatable bonds is 4. The lowest BCUT2D eigenvalue weighted by atomic mass is 9.73. The summed E-state index contributed by atoms with van der Waals surface area (Å²) in [7, 11) is 0. The highest BCUT2D eigenvalue weighted by molar-refractivity contribution is 9.09. The van der Waals surface area contributed by atoms with Gasteiger partial charge in [0.25, 0.3) is 0 Å². The van der Waals surface area contributed by atoms with Gasteiger partial charge in [-0.25, -0.2) is 4.58 Å². The van der Waals surface area contributed by atoms with E-state index in [0.29, 0.717) is 11.5 Å². The summed E-state index contributed by atoms with van der Waals surface area (Å²) in [6.07, 6.45) is 12.3. The van der Waals surface area contributed by atoms with Crippen LogP contribution in [-0.2, 0) is 6.42 Å². The van der Waals surface area contributed by atoms with Crippen molar-refractivity contribution < 1.29 is 21.6 Å². The molecule has 1 heterocycles. The van der Waals surface area contributed by atoms with Gasteiger partial charge in [-0.05, 0) is 18.4 Å². The zero-order chi connectivity index (χ0) is 13.8. The Morgan fingerprint density at radius 1 is 1.10 bits per heavy atom. The SMILES string of the molecule is BrCC1CC2(C=[N+]1CCc1ccccc1)CCCCC2.[Br-]. The van der Waals surface area contributed by atoms with Gasteiger partial charge in [0.2, 0.25) is 0 Å². The molecule has 1 aromatic carbocycles.